The van der Waals surface area contributed by atoms with Crippen molar-refractivity contribution in [3.05, 3.63) is 29.8 Å². The number of hydrogen-bond acceptors (Lipinski definition) is 3. The van der Waals surface area contributed by atoms with Gasteiger partial charge in [-0.15, -0.1) is 0 Å². The van der Waals surface area contributed by atoms with E-state index in [1.54, 1.807) is 0 Å². The van der Waals surface area contributed by atoms with Crippen LogP contribution in [0.1, 0.15) is 24.2 Å². The minimum atomic E-state index is 0.196. The Morgan fingerprint density at radius 2 is 1.82 bits per heavy atom. The summed E-state index contributed by atoms with van der Waals surface area (Å²) in [6, 6.07) is 7.83. The molecule has 0 saturated carbocycles. The minimum absolute atomic E-state index is 0.196. The maximum atomic E-state index is 10.6. The average molecular weight is 232 g/mol. The molecular formula is C14H20N2O. The molecule has 1 aliphatic rings. The second-order valence-corrected chi connectivity index (χ2v) is 5.36. The highest BCUT2D eigenvalue weighted by Crippen LogP contribution is 2.24. The van der Waals surface area contributed by atoms with Crippen molar-refractivity contribution < 1.29 is 4.79 Å². The molecule has 0 unspecified atom stereocenters. The topological polar surface area (TPSA) is 23.6 Å². The number of aldehydes is 1. The second-order valence-electron chi connectivity index (χ2n) is 5.36. The van der Waals surface area contributed by atoms with Gasteiger partial charge >= 0.3 is 0 Å². The van der Waals surface area contributed by atoms with Gasteiger partial charge in [-0.3, -0.25) is 9.69 Å². The van der Waals surface area contributed by atoms with Crippen LogP contribution in [0.3, 0.4) is 0 Å². The molecule has 0 bridgehead atoms. The van der Waals surface area contributed by atoms with Gasteiger partial charge in [0.15, 0.2) is 0 Å². The van der Waals surface area contributed by atoms with Crippen LogP contribution in [0.2, 0.25) is 0 Å². The van der Waals surface area contributed by atoms with Crippen molar-refractivity contribution in [2.75, 3.05) is 31.6 Å². The van der Waals surface area contributed by atoms with Crippen molar-refractivity contribution in [3.8, 4) is 0 Å². The van der Waals surface area contributed by atoms with Crippen molar-refractivity contribution in [1.29, 1.82) is 0 Å². The summed E-state index contributed by atoms with van der Waals surface area (Å²) in [7, 11) is 2.17. The fourth-order valence-corrected chi connectivity index (χ4v) is 2.22. The zero-order valence-electron chi connectivity index (χ0n) is 10.8. The van der Waals surface area contributed by atoms with Gasteiger partial charge in [0.1, 0.15) is 6.29 Å². The van der Waals surface area contributed by atoms with E-state index in [2.05, 4.69) is 30.7 Å². The predicted octanol–water partition coefficient (Wildman–Crippen LogP) is 2.03. The van der Waals surface area contributed by atoms with E-state index in [-0.39, 0.29) is 5.54 Å². The highest BCUT2D eigenvalue weighted by atomic mass is 16.1. The lowest BCUT2D eigenvalue weighted by Gasteiger charge is -2.46. The van der Waals surface area contributed by atoms with Crippen LogP contribution in [0.4, 0.5) is 5.69 Å². The Kier molecular flexibility index (Phi) is 3.20. The summed E-state index contributed by atoms with van der Waals surface area (Å²) >= 11 is 0. The molecule has 92 valence electrons. The van der Waals surface area contributed by atoms with Crippen LogP contribution in [0.5, 0.6) is 0 Å². The number of carbonyl (C=O) groups excluding carboxylic acids is 1. The maximum absolute atomic E-state index is 10.6. The zero-order chi connectivity index (χ0) is 12.5. The molecule has 3 nitrogen and oxygen atoms in total. The standard InChI is InChI=1S/C14H20N2O/c1-14(2)11-16(9-8-15(14)3)13-6-4-12(10-17)5-7-13/h4-7,10H,8-9,11H2,1-3H3. The number of carbonyl (C=O) groups is 1. The van der Waals surface area contributed by atoms with Crippen LogP contribution in [0, 0.1) is 0 Å². The number of rotatable bonds is 2. The van der Waals surface area contributed by atoms with Gasteiger partial charge in [-0.2, -0.15) is 0 Å². The molecule has 0 aliphatic carbocycles. The first kappa shape index (κ1) is 12.1. The van der Waals surface area contributed by atoms with E-state index < -0.39 is 0 Å². The van der Waals surface area contributed by atoms with Crippen LogP contribution in [-0.4, -0.2) is 43.4 Å². The van der Waals surface area contributed by atoms with Crippen LogP contribution in [0.15, 0.2) is 24.3 Å². The predicted molar refractivity (Wildman–Crippen MR) is 70.8 cm³/mol. The van der Waals surface area contributed by atoms with Gasteiger partial charge in [-0.1, -0.05) is 0 Å². The molecule has 1 aliphatic heterocycles. The van der Waals surface area contributed by atoms with Crippen LogP contribution in [-0.2, 0) is 0 Å². The number of hydrogen-bond donors (Lipinski definition) is 0. The second kappa shape index (κ2) is 4.49. The normalized spacial score (nSPS) is 20.3. The molecule has 0 aromatic heterocycles. The summed E-state index contributed by atoms with van der Waals surface area (Å²) in [6.07, 6.45) is 0.887. The Hall–Kier alpha value is -1.35. The molecule has 17 heavy (non-hydrogen) atoms. The highest BCUT2D eigenvalue weighted by molar-refractivity contribution is 5.75. The van der Waals surface area contributed by atoms with E-state index in [0.29, 0.717) is 0 Å². The Morgan fingerprint density at radius 1 is 1.18 bits per heavy atom. The van der Waals surface area contributed by atoms with Gasteiger partial charge in [-0.05, 0) is 45.2 Å². The molecular weight excluding hydrogens is 212 g/mol. The van der Waals surface area contributed by atoms with Crippen molar-refractivity contribution in [1.82, 2.24) is 4.90 Å². The highest BCUT2D eigenvalue weighted by Gasteiger charge is 2.30. The lowest BCUT2D eigenvalue weighted by Crippen LogP contribution is -2.57. The third-order valence-electron chi connectivity index (χ3n) is 3.71. The number of benzene rings is 1. The van der Waals surface area contributed by atoms with Gasteiger partial charge in [0.2, 0.25) is 0 Å². The molecule has 1 fully saturated rings. The maximum Gasteiger partial charge on any atom is 0.150 e. The van der Waals surface area contributed by atoms with Gasteiger partial charge < -0.3 is 4.90 Å². The smallest absolute Gasteiger partial charge is 0.150 e. The van der Waals surface area contributed by atoms with Gasteiger partial charge in [0.25, 0.3) is 0 Å². The van der Waals surface area contributed by atoms with E-state index in [1.807, 2.05) is 24.3 Å². The molecule has 3 heteroatoms. The van der Waals surface area contributed by atoms with Gasteiger partial charge in [0.05, 0.1) is 0 Å². The summed E-state index contributed by atoms with van der Waals surface area (Å²) in [5.41, 5.74) is 2.14. The zero-order valence-corrected chi connectivity index (χ0v) is 10.8. The third-order valence-corrected chi connectivity index (χ3v) is 3.71. The van der Waals surface area contributed by atoms with E-state index in [9.17, 15) is 4.79 Å². The van der Waals surface area contributed by atoms with Gasteiger partial charge in [-0.25, -0.2) is 0 Å². The molecule has 0 radical (unpaired) electrons. The molecule has 0 amide bonds. The summed E-state index contributed by atoms with van der Waals surface area (Å²) in [4.78, 5) is 15.4. The van der Waals surface area contributed by atoms with Crippen molar-refractivity contribution in [3.63, 3.8) is 0 Å². The molecule has 1 aromatic rings. The first-order valence-corrected chi connectivity index (χ1v) is 6.04. The van der Waals surface area contributed by atoms with Crippen LogP contribution < -0.4 is 4.90 Å². The van der Waals surface area contributed by atoms with Gasteiger partial charge in [0, 0.05) is 36.4 Å². The molecule has 1 aromatic carbocycles. The largest absolute Gasteiger partial charge is 0.368 e. The molecule has 0 spiro atoms. The van der Waals surface area contributed by atoms with Crippen molar-refractivity contribution in [2.24, 2.45) is 0 Å². The number of nitrogens with zero attached hydrogens (tertiary/aromatic N) is 2. The summed E-state index contributed by atoms with van der Waals surface area (Å²) in [6.45, 7) is 7.66. The molecule has 0 N–H and O–H groups in total. The SMILES string of the molecule is CN1CCN(c2ccc(C=O)cc2)CC1(C)C. The molecule has 2 rings (SSSR count). The quantitative estimate of drug-likeness (QED) is 0.729. The summed E-state index contributed by atoms with van der Waals surface area (Å²) < 4.78 is 0. The first-order chi connectivity index (χ1) is 8.03. The average Bonchev–Trinajstić information content (AvgIpc) is 2.33. The summed E-state index contributed by atoms with van der Waals surface area (Å²) in [5, 5.41) is 0. The fourth-order valence-electron chi connectivity index (χ4n) is 2.22. The third kappa shape index (κ3) is 2.50. The van der Waals surface area contributed by atoms with Crippen LogP contribution >= 0.6 is 0 Å². The Bertz CT molecular complexity index is 397. The van der Waals surface area contributed by atoms with E-state index in [4.69, 9.17) is 0 Å². The fraction of sp³-hybridized carbons (Fsp3) is 0.500. The van der Waals surface area contributed by atoms with Crippen molar-refractivity contribution in [2.45, 2.75) is 19.4 Å². The van der Waals surface area contributed by atoms with Crippen LogP contribution in [0.25, 0.3) is 0 Å². The number of piperazine rings is 1. The molecule has 1 saturated heterocycles. The van der Waals surface area contributed by atoms with Crippen molar-refractivity contribution >= 4 is 12.0 Å². The first-order valence-electron chi connectivity index (χ1n) is 6.04. The van der Waals surface area contributed by atoms with E-state index >= 15 is 0 Å². The molecule has 1 heterocycles. The Morgan fingerprint density at radius 3 is 2.35 bits per heavy atom. The Labute approximate surface area is 103 Å². The van der Waals surface area contributed by atoms with E-state index in [1.165, 1.54) is 5.69 Å². The monoisotopic (exact) mass is 232 g/mol. The minimum Gasteiger partial charge on any atom is -0.368 e. The van der Waals surface area contributed by atoms with E-state index in [0.717, 1.165) is 31.5 Å². The summed E-state index contributed by atoms with van der Waals surface area (Å²) in [5.74, 6) is 0. The Balaban J connectivity index is 2.15. The number of anilines is 1. The lowest BCUT2D eigenvalue weighted by atomic mass is 9.99. The lowest BCUT2D eigenvalue weighted by molar-refractivity contribution is 0.112. The molecule has 0 atom stereocenters. The number of likely N-dealkylation sites (N-methyl/N-ethyl adjacent to an activating group) is 1.